The van der Waals surface area contributed by atoms with Crippen molar-refractivity contribution in [3.05, 3.63) is 11.4 Å². The molecule has 7 heteroatoms. The molecule has 0 saturated carbocycles. The summed E-state index contributed by atoms with van der Waals surface area (Å²) in [5, 5.41) is 8.93. The Bertz CT molecular complexity index is 423. The number of alkyl halides is 1. The molecule has 0 amide bonds. The van der Waals surface area contributed by atoms with Gasteiger partial charge in [0, 0.05) is 7.05 Å². The van der Waals surface area contributed by atoms with Crippen LogP contribution in [0.1, 0.15) is 11.4 Å². The van der Waals surface area contributed by atoms with Crippen LogP contribution in [0.3, 0.4) is 0 Å². The molecule has 2 N–H and O–H groups in total. The van der Waals surface area contributed by atoms with E-state index in [1.165, 1.54) is 4.68 Å². The van der Waals surface area contributed by atoms with Crippen molar-refractivity contribution in [3.8, 4) is 0 Å². The van der Waals surface area contributed by atoms with E-state index in [-0.39, 0.29) is 10.8 Å². The Morgan fingerprint density at radius 1 is 1.62 bits per heavy atom. The molecule has 0 unspecified atom stereocenters. The highest BCUT2D eigenvalue weighted by Gasteiger charge is 2.21. The molecule has 1 rings (SSSR count). The van der Waals surface area contributed by atoms with Gasteiger partial charge in [-0.2, -0.15) is 5.10 Å². The lowest BCUT2D eigenvalue weighted by atomic mass is 10.4. The second-order valence-corrected chi connectivity index (χ2v) is 4.43. The first kappa shape index (κ1) is 10.5. The number of nitrogens with two attached hydrogens (primary N) is 1. The van der Waals surface area contributed by atoms with Crippen LogP contribution in [0.25, 0.3) is 0 Å². The second-order valence-electron chi connectivity index (χ2n) is 2.66. The van der Waals surface area contributed by atoms with Crippen LogP contribution in [-0.2, 0) is 23.0 Å². The van der Waals surface area contributed by atoms with E-state index in [0.717, 1.165) is 0 Å². The molecule has 74 valence electrons. The second kappa shape index (κ2) is 3.28. The minimum absolute atomic E-state index is 0.0324. The van der Waals surface area contributed by atoms with E-state index in [2.05, 4.69) is 5.10 Å². The zero-order chi connectivity index (χ0) is 10.2. The summed E-state index contributed by atoms with van der Waals surface area (Å²) >= 11 is 5.58. The van der Waals surface area contributed by atoms with Gasteiger partial charge in [0.25, 0.3) is 0 Å². The van der Waals surface area contributed by atoms with E-state index >= 15 is 0 Å². The van der Waals surface area contributed by atoms with Crippen LogP contribution >= 0.6 is 11.6 Å². The Morgan fingerprint density at radius 3 is 2.46 bits per heavy atom. The Hall–Kier alpha value is -0.590. The normalized spacial score (nSPS) is 12.0. The molecule has 0 aliphatic heterocycles. The van der Waals surface area contributed by atoms with Crippen molar-refractivity contribution in [2.45, 2.75) is 17.7 Å². The van der Waals surface area contributed by atoms with Crippen molar-refractivity contribution >= 4 is 21.6 Å². The fourth-order valence-corrected chi connectivity index (χ4v) is 2.57. The van der Waals surface area contributed by atoms with E-state index in [0.29, 0.717) is 11.4 Å². The van der Waals surface area contributed by atoms with Gasteiger partial charge in [-0.25, -0.2) is 13.6 Å². The maximum atomic E-state index is 11.1. The summed E-state index contributed by atoms with van der Waals surface area (Å²) in [7, 11) is -2.10. The molecule has 0 fully saturated rings. The predicted molar refractivity (Wildman–Crippen MR) is 48.9 cm³/mol. The van der Waals surface area contributed by atoms with Gasteiger partial charge < -0.3 is 0 Å². The van der Waals surface area contributed by atoms with Gasteiger partial charge in [0.15, 0.2) is 0 Å². The lowest BCUT2D eigenvalue weighted by molar-refractivity contribution is 0.596. The Morgan fingerprint density at radius 2 is 2.15 bits per heavy atom. The van der Waals surface area contributed by atoms with Crippen molar-refractivity contribution in [1.82, 2.24) is 9.78 Å². The van der Waals surface area contributed by atoms with Gasteiger partial charge in [-0.15, -0.1) is 11.6 Å². The van der Waals surface area contributed by atoms with Gasteiger partial charge in [0.2, 0.25) is 10.0 Å². The largest absolute Gasteiger partial charge is 0.270 e. The summed E-state index contributed by atoms with van der Waals surface area (Å²) in [6.45, 7) is 1.58. The fraction of sp³-hybridized carbons (Fsp3) is 0.500. The lowest BCUT2D eigenvalue weighted by Crippen LogP contribution is -2.14. The summed E-state index contributed by atoms with van der Waals surface area (Å²) in [5.74, 6) is 0.0725. The van der Waals surface area contributed by atoms with Gasteiger partial charge in [-0.1, -0.05) is 0 Å². The minimum Gasteiger partial charge on any atom is -0.270 e. The monoisotopic (exact) mass is 223 g/mol. The van der Waals surface area contributed by atoms with Crippen LogP contribution in [0.15, 0.2) is 4.90 Å². The van der Waals surface area contributed by atoms with Gasteiger partial charge in [0.05, 0.1) is 17.3 Å². The van der Waals surface area contributed by atoms with Crippen molar-refractivity contribution < 1.29 is 8.42 Å². The molecule has 13 heavy (non-hydrogen) atoms. The topological polar surface area (TPSA) is 78.0 Å². The van der Waals surface area contributed by atoms with Gasteiger partial charge in [-0.3, -0.25) is 4.68 Å². The van der Waals surface area contributed by atoms with Crippen LogP contribution in [0.2, 0.25) is 0 Å². The van der Waals surface area contributed by atoms with E-state index < -0.39 is 10.0 Å². The van der Waals surface area contributed by atoms with Crippen LogP contribution in [0.5, 0.6) is 0 Å². The number of aryl methyl sites for hydroxylation is 2. The maximum absolute atomic E-state index is 11.1. The van der Waals surface area contributed by atoms with E-state index in [1.54, 1.807) is 14.0 Å². The smallest absolute Gasteiger partial charge is 0.241 e. The van der Waals surface area contributed by atoms with Crippen LogP contribution in [0.4, 0.5) is 0 Å². The Kier molecular flexibility index (Phi) is 2.65. The standard InChI is InChI=1S/C6H10ClN3O2S/c1-4-6(13(8,11)12)5(3-7)10(2)9-4/h3H2,1-2H3,(H2,8,11,12). The summed E-state index contributed by atoms with van der Waals surface area (Å²) < 4.78 is 23.6. The molecule has 1 aromatic rings. The SMILES string of the molecule is Cc1nn(C)c(CCl)c1S(N)(=O)=O. The molecule has 1 aromatic heterocycles. The zero-order valence-corrected chi connectivity index (χ0v) is 8.85. The average Bonchev–Trinajstić information content (AvgIpc) is 2.23. The molecule has 0 atom stereocenters. The highest BCUT2D eigenvalue weighted by molar-refractivity contribution is 7.89. The molecule has 0 aromatic carbocycles. The number of hydrogen-bond acceptors (Lipinski definition) is 3. The molecular formula is C6H10ClN3O2S. The number of halogens is 1. The number of rotatable bonds is 2. The predicted octanol–water partition coefficient (Wildman–Crippen LogP) is 0.115. The van der Waals surface area contributed by atoms with Crippen LogP contribution in [-0.4, -0.2) is 18.2 Å². The van der Waals surface area contributed by atoms with Gasteiger partial charge >= 0.3 is 0 Å². The summed E-state index contributed by atoms with van der Waals surface area (Å²) in [6.07, 6.45) is 0. The van der Waals surface area contributed by atoms with E-state index in [4.69, 9.17) is 16.7 Å². The van der Waals surface area contributed by atoms with Crippen molar-refractivity contribution in [3.63, 3.8) is 0 Å². The third-order valence-electron chi connectivity index (χ3n) is 1.69. The molecule has 5 nitrogen and oxygen atoms in total. The third-order valence-corrected chi connectivity index (χ3v) is 3.05. The average molecular weight is 224 g/mol. The van der Waals surface area contributed by atoms with E-state index in [9.17, 15) is 8.42 Å². The van der Waals surface area contributed by atoms with E-state index in [1.807, 2.05) is 0 Å². The molecule has 0 aliphatic rings. The molecule has 0 aliphatic carbocycles. The van der Waals surface area contributed by atoms with Crippen LogP contribution in [0, 0.1) is 6.92 Å². The highest BCUT2D eigenvalue weighted by atomic mass is 35.5. The summed E-state index contributed by atoms with van der Waals surface area (Å²) in [5.41, 5.74) is 0.794. The Labute approximate surface area is 81.5 Å². The zero-order valence-electron chi connectivity index (χ0n) is 7.28. The number of primary sulfonamides is 1. The molecular weight excluding hydrogens is 214 g/mol. The fourth-order valence-electron chi connectivity index (χ4n) is 1.20. The molecule has 0 radical (unpaired) electrons. The molecule has 0 spiro atoms. The summed E-state index contributed by atoms with van der Waals surface area (Å²) in [6, 6.07) is 0. The van der Waals surface area contributed by atoms with Crippen molar-refractivity contribution in [2.24, 2.45) is 12.2 Å². The lowest BCUT2D eigenvalue weighted by Gasteiger charge is -1.99. The molecule has 0 bridgehead atoms. The first-order chi connectivity index (χ1) is 5.88. The van der Waals surface area contributed by atoms with Crippen molar-refractivity contribution in [2.75, 3.05) is 0 Å². The first-order valence-corrected chi connectivity index (χ1v) is 5.57. The Balaban J connectivity index is 3.52. The first-order valence-electron chi connectivity index (χ1n) is 3.49. The number of aromatic nitrogens is 2. The number of nitrogens with zero attached hydrogens (tertiary/aromatic N) is 2. The number of sulfonamides is 1. The molecule has 1 heterocycles. The minimum atomic E-state index is -3.72. The summed E-state index contributed by atoms with van der Waals surface area (Å²) in [4.78, 5) is 0.0324. The quantitative estimate of drug-likeness (QED) is 0.724. The molecule has 0 saturated heterocycles. The third kappa shape index (κ3) is 1.84. The maximum Gasteiger partial charge on any atom is 0.241 e. The van der Waals surface area contributed by atoms with Crippen molar-refractivity contribution in [1.29, 1.82) is 0 Å². The van der Waals surface area contributed by atoms with Gasteiger partial charge in [-0.05, 0) is 6.92 Å². The highest BCUT2D eigenvalue weighted by Crippen LogP contribution is 2.19. The van der Waals surface area contributed by atoms with Crippen LogP contribution < -0.4 is 5.14 Å². The van der Waals surface area contributed by atoms with Gasteiger partial charge in [0.1, 0.15) is 4.90 Å². The number of hydrogen-bond donors (Lipinski definition) is 1.